The number of carboxylic acids is 1. The van der Waals surface area contributed by atoms with Gasteiger partial charge in [0.15, 0.2) is 5.65 Å². The van der Waals surface area contributed by atoms with E-state index in [4.69, 9.17) is 5.11 Å². The molecule has 2 rings (SSSR count). The normalized spacial score (nSPS) is 9.79. The first-order chi connectivity index (χ1) is 6.18. The largest absolute Gasteiger partial charge is 0.478 e. The van der Waals surface area contributed by atoms with E-state index in [0.29, 0.717) is 11.5 Å². The molecule has 0 saturated carbocycles. The van der Waals surface area contributed by atoms with Crippen LogP contribution in [0.4, 0.5) is 0 Å². The van der Waals surface area contributed by atoms with Crippen molar-refractivity contribution >= 4 is 24.0 Å². The van der Waals surface area contributed by atoms with Crippen molar-refractivity contribution < 1.29 is 9.90 Å². The summed E-state index contributed by atoms with van der Waals surface area (Å²) in [6.45, 7) is 1.77. The predicted molar refractivity (Wildman–Crippen MR) is 51.9 cm³/mol. The maximum absolute atomic E-state index is 10.6. The average Bonchev–Trinajstić information content (AvgIpc) is 2.47. The number of hydrogen-bond acceptors (Lipinski definition) is 3. The van der Waals surface area contributed by atoms with Crippen molar-refractivity contribution in [2.75, 3.05) is 0 Å². The number of aryl methyl sites for hydroxylation is 1. The fourth-order valence-corrected chi connectivity index (χ4v) is 1.13. The molecular weight excluding hydrogens is 206 g/mol. The zero-order chi connectivity index (χ0) is 9.42. The molecule has 2 aromatic heterocycles. The van der Waals surface area contributed by atoms with E-state index in [1.54, 1.807) is 17.4 Å². The van der Waals surface area contributed by atoms with Crippen LogP contribution in [0.3, 0.4) is 0 Å². The van der Waals surface area contributed by atoms with Crippen LogP contribution in [0.2, 0.25) is 0 Å². The SMILES string of the molecule is Cc1nnc2ccc(C(=O)O)cn12.Cl. The molecule has 0 unspecified atom stereocenters. The number of aromatic nitrogens is 3. The summed E-state index contributed by atoms with van der Waals surface area (Å²) in [5, 5.41) is 16.4. The van der Waals surface area contributed by atoms with Crippen molar-refractivity contribution in [3.8, 4) is 0 Å². The Labute approximate surface area is 85.8 Å². The maximum Gasteiger partial charge on any atom is 0.337 e. The molecule has 0 aliphatic heterocycles. The van der Waals surface area contributed by atoms with E-state index in [-0.39, 0.29) is 18.0 Å². The highest BCUT2D eigenvalue weighted by molar-refractivity contribution is 5.87. The first kappa shape index (κ1) is 10.5. The lowest BCUT2D eigenvalue weighted by molar-refractivity contribution is 0.0696. The minimum Gasteiger partial charge on any atom is -0.478 e. The van der Waals surface area contributed by atoms with Gasteiger partial charge >= 0.3 is 5.97 Å². The summed E-state index contributed by atoms with van der Waals surface area (Å²) in [4.78, 5) is 10.6. The average molecular weight is 214 g/mol. The van der Waals surface area contributed by atoms with Gasteiger partial charge in [-0.2, -0.15) is 0 Å². The summed E-state index contributed by atoms with van der Waals surface area (Å²) in [6.07, 6.45) is 1.51. The molecule has 0 aromatic carbocycles. The lowest BCUT2D eigenvalue weighted by atomic mass is 10.3. The highest BCUT2D eigenvalue weighted by Crippen LogP contribution is 2.05. The third kappa shape index (κ3) is 1.54. The molecule has 0 atom stereocenters. The number of pyridine rings is 1. The number of halogens is 1. The van der Waals surface area contributed by atoms with Crippen LogP contribution in [0, 0.1) is 6.92 Å². The van der Waals surface area contributed by atoms with Crippen molar-refractivity contribution in [2.24, 2.45) is 0 Å². The van der Waals surface area contributed by atoms with Crippen LogP contribution in [-0.2, 0) is 0 Å². The molecule has 0 amide bonds. The van der Waals surface area contributed by atoms with Gasteiger partial charge in [0.1, 0.15) is 5.82 Å². The van der Waals surface area contributed by atoms with Gasteiger partial charge in [-0.3, -0.25) is 4.40 Å². The van der Waals surface area contributed by atoms with E-state index in [0.717, 1.165) is 0 Å². The number of fused-ring (bicyclic) bond motifs is 1. The topological polar surface area (TPSA) is 67.5 Å². The first-order valence-electron chi connectivity index (χ1n) is 3.73. The Morgan fingerprint density at radius 3 is 2.79 bits per heavy atom. The molecule has 74 valence electrons. The molecule has 2 heterocycles. The Balaban J connectivity index is 0.000000980. The van der Waals surface area contributed by atoms with Crippen molar-refractivity contribution in [3.63, 3.8) is 0 Å². The van der Waals surface area contributed by atoms with Crippen LogP contribution in [0.1, 0.15) is 16.2 Å². The van der Waals surface area contributed by atoms with E-state index in [2.05, 4.69) is 10.2 Å². The number of carboxylic acid groups (broad SMARTS) is 1. The van der Waals surface area contributed by atoms with Gasteiger partial charge in [-0.15, -0.1) is 22.6 Å². The molecule has 2 aromatic rings. The van der Waals surface area contributed by atoms with Gasteiger partial charge in [0, 0.05) is 6.20 Å². The highest BCUT2D eigenvalue weighted by atomic mass is 35.5. The molecule has 0 saturated heterocycles. The van der Waals surface area contributed by atoms with Crippen molar-refractivity contribution in [1.29, 1.82) is 0 Å². The summed E-state index contributed by atoms with van der Waals surface area (Å²) < 4.78 is 1.64. The Bertz CT molecular complexity index is 480. The van der Waals surface area contributed by atoms with Crippen LogP contribution in [0.25, 0.3) is 5.65 Å². The van der Waals surface area contributed by atoms with Gasteiger partial charge in [0.25, 0.3) is 0 Å². The number of aromatic carboxylic acids is 1. The van der Waals surface area contributed by atoms with E-state index >= 15 is 0 Å². The van der Waals surface area contributed by atoms with Gasteiger partial charge in [-0.25, -0.2) is 4.79 Å². The predicted octanol–water partition coefficient (Wildman–Crippen LogP) is 1.16. The first-order valence-corrected chi connectivity index (χ1v) is 3.73. The van der Waals surface area contributed by atoms with Crippen LogP contribution < -0.4 is 0 Å². The third-order valence-electron chi connectivity index (χ3n) is 1.82. The third-order valence-corrected chi connectivity index (χ3v) is 1.82. The summed E-state index contributed by atoms with van der Waals surface area (Å²) in [6, 6.07) is 3.13. The number of carbonyl (C=O) groups is 1. The number of nitrogens with zero attached hydrogens (tertiary/aromatic N) is 3. The minimum atomic E-state index is -0.949. The monoisotopic (exact) mass is 213 g/mol. The standard InChI is InChI=1S/C8H7N3O2.ClH/c1-5-9-10-7-3-2-6(8(12)13)4-11(5)7;/h2-4H,1H3,(H,12,13);1H. The molecule has 0 spiro atoms. The molecule has 14 heavy (non-hydrogen) atoms. The lowest BCUT2D eigenvalue weighted by Gasteiger charge is -1.96. The molecule has 0 radical (unpaired) electrons. The van der Waals surface area contributed by atoms with Gasteiger partial charge in [0.05, 0.1) is 5.56 Å². The Hall–Kier alpha value is -1.62. The Morgan fingerprint density at radius 1 is 1.43 bits per heavy atom. The maximum atomic E-state index is 10.6. The van der Waals surface area contributed by atoms with Gasteiger partial charge in [-0.05, 0) is 19.1 Å². The Morgan fingerprint density at radius 2 is 2.14 bits per heavy atom. The summed E-state index contributed by atoms with van der Waals surface area (Å²) >= 11 is 0. The molecular formula is C8H8ClN3O2. The van der Waals surface area contributed by atoms with Gasteiger partial charge in [-0.1, -0.05) is 0 Å². The van der Waals surface area contributed by atoms with Crippen molar-refractivity contribution in [3.05, 3.63) is 29.7 Å². The van der Waals surface area contributed by atoms with E-state index in [1.807, 2.05) is 0 Å². The van der Waals surface area contributed by atoms with Crippen LogP contribution >= 0.6 is 12.4 Å². The fraction of sp³-hybridized carbons (Fsp3) is 0.125. The molecule has 0 aliphatic rings. The zero-order valence-corrected chi connectivity index (χ0v) is 8.15. The molecule has 0 aliphatic carbocycles. The molecule has 5 nitrogen and oxygen atoms in total. The molecule has 6 heteroatoms. The quantitative estimate of drug-likeness (QED) is 0.772. The van der Waals surface area contributed by atoms with Crippen molar-refractivity contribution in [2.45, 2.75) is 6.92 Å². The van der Waals surface area contributed by atoms with Gasteiger partial charge < -0.3 is 5.11 Å². The molecule has 1 N–H and O–H groups in total. The van der Waals surface area contributed by atoms with Crippen LogP contribution in [0.5, 0.6) is 0 Å². The molecule has 0 bridgehead atoms. The smallest absolute Gasteiger partial charge is 0.337 e. The zero-order valence-electron chi connectivity index (χ0n) is 7.34. The fourth-order valence-electron chi connectivity index (χ4n) is 1.13. The summed E-state index contributed by atoms with van der Waals surface area (Å²) in [5.41, 5.74) is 0.887. The highest BCUT2D eigenvalue weighted by Gasteiger charge is 2.05. The second-order valence-electron chi connectivity index (χ2n) is 2.70. The van der Waals surface area contributed by atoms with E-state index in [9.17, 15) is 4.79 Å². The van der Waals surface area contributed by atoms with Crippen molar-refractivity contribution in [1.82, 2.24) is 14.6 Å². The second-order valence-corrected chi connectivity index (χ2v) is 2.70. The second kappa shape index (κ2) is 3.63. The molecule has 0 fully saturated rings. The number of rotatable bonds is 1. The summed E-state index contributed by atoms with van der Waals surface area (Å²) in [7, 11) is 0. The Kier molecular flexibility index (Phi) is 2.71. The number of hydrogen-bond donors (Lipinski definition) is 1. The van der Waals surface area contributed by atoms with E-state index < -0.39 is 5.97 Å². The van der Waals surface area contributed by atoms with E-state index in [1.165, 1.54) is 12.3 Å². The van der Waals surface area contributed by atoms with Crippen LogP contribution in [0.15, 0.2) is 18.3 Å². The summed E-state index contributed by atoms with van der Waals surface area (Å²) in [5.74, 6) is -0.270. The van der Waals surface area contributed by atoms with Gasteiger partial charge in [0.2, 0.25) is 0 Å². The minimum absolute atomic E-state index is 0. The lowest BCUT2D eigenvalue weighted by Crippen LogP contribution is -1.99. The van der Waals surface area contributed by atoms with Crippen LogP contribution in [-0.4, -0.2) is 25.7 Å².